The van der Waals surface area contributed by atoms with Crippen LogP contribution in [0.4, 0.5) is 0 Å². The van der Waals surface area contributed by atoms with E-state index in [0.717, 1.165) is 12.1 Å². The lowest BCUT2D eigenvalue weighted by molar-refractivity contribution is 0.172. The van der Waals surface area contributed by atoms with Gasteiger partial charge in [-0.2, -0.15) is 0 Å². The summed E-state index contributed by atoms with van der Waals surface area (Å²) in [4.78, 5) is 11.5. The van der Waals surface area contributed by atoms with E-state index >= 15 is 0 Å². The first-order valence-electron chi connectivity index (χ1n) is 9.90. The number of aromatic amines is 1. The van der Waals surface area contributed by atoms with Gasteiger partial charge in [0.05, 0.1) is 23.3 Å². The van der Waals surface area contributed by atoms with Crippen molar-refractivity contribution in [2.75, 3.05) is 20.3 Å². The van der Waals surface area contributed by atoms with E-state index in [9.17, 15) is 8.42 Å². The van der Waals surface area contributed by atoms with Gasteiger partial charge in [-0.1, -0.05) is 0 Å². The van der Waals surface area contributed by atoms with Crippen molar-refractivity contribution >= 4 is 20.9 Å². The highest BCUT2D eigenvalue weighted by Gasteiger charge is 2.23. The van der Waals surface area contributed by atoms with Crippen LogP contribution < -0.4 is 4.74 Å². The summed E-state index contributed by atoms with van der Waals surface area (Å²) >= 11 is 0. The largest absolute Gasteiger partial charge is 0.493 e. The number of hydrogen-bond acceptors (Lipinski definition) is 6. The molecule has 4 rings (SSSR count). The van der Waals surface area contributed by atoms with Crippen LogP contribution in [0.3, 0.4) is 0 Å². The van der Waals surface area contributed by atoms with Crippen molar-refractivity contribution in [1.82, 2.24) is 19.5 Å². The minimum atomic E-state index is -3.72. The number of hydrogen-bond donors (Lipinski definition) is 1. The number of H-pyrrole nitrogens is 1. The molecule has 162 valence electrons. The summed E-state index contributed by atoms with van der Waals surface area (Å²) in [7, 11) is -2.08. The predicted octanol–water partition coefficient (Wildman–Crippen LogP) is 3.45. The molecule has 0 fully saturated rings. The number of nitrogens with zero attached hydrogens (tertiary/aromatic N) is 3. The maximum Gasteiger partial charge on any atom is 0.226 e. The van der Waals surface area contributed by atoms with Gasteiger partial charge in [-0.3, -0.25) is 4.98 Å². The fourth-order valence-corrected chi connectivity index (χ4v) is 4.57. The molecule has 0 atom stereocenters. The Bertz CT molecular complexity index is 1280. The van der Waals surface area contributed by atoms with Gasteiger partial charge in [-0.05, 0) is 43.3 Å². The Labute approximate surface area is 180 Å². The van der Waals surface area contributed by atoms with Gasteiger partial charge in [-0.25, -0.2) is 13.4 Å². The van der Waals surface area contributed by atoms with Crippen molar-refractivity contribution in [2.45, 2.75) is 24.3 Å². The number of ether oxygens (including phenoxy) is 2. The third kappa shape index (κ3) is 4.62. The quantitative estimate of drug-likeness (QED) is 0.400. The maximum atomic E-state index is 13.1. The minimum absolute atomic E-state index is 0.0697. The molecule has 8 nitrogen and oxygen atoms in total. The summed E-state index contributed by atoms with van der Waals surface area (Å²) in [5, 5.41) is -0.0697. The smallest absolute Gasteiger partial charge is 0.226 e. The van der Waals surface area contributed by atoms with E-state index in [1.54, 1.807) is 25.4 Å². The molecule has 0 saturated carbocycles. The first-order valence-corrected chi connectivity index (χ1v) is 11.6. The zero-order chi connectivity index (χ0) is 21.8. The molecule has 0 amide bonds. The molecule has 0 unspecified atom stereocenters. The van der Waals surface area contributed by atoms with Gasteiger partial charge >= 0.3 is 0 Å². The number of benzene rings is 1. The van der Waals surface area contributed by atoms with Crippen LogP contribution in [0.1, 0.15) is 17.7 Å². The van der Waals surface area contributed by atoms with Crippen molar-refractivity contribution in [3.8, 4) is 11.4 Å². The standard InChI is InChI=1S/C22H24N4O4S/c1-16-20(23-9-8-21(16)30-13-5-12-29-2)15-31(27,28)22-24-18-7-6-17(14-19(18)25-22)26-10-3-4-11-26/h3-4,6-11,14H,5,12-13,15H2,1-2H3,(H,24,25). The molecule has 0 spiro atoms. The molecule has 0 aliphatic rings. The molecule has 0 aliphatic heterocycles. The zero-order valence-corrected chi connectivity index (χ0v) is 18.2. The molecule has 3 heterocycles. The van der Waals surface area contributed by atoms with Crippen molar-refractivity contribution in [3.05, 3.63) is 66.2 Å². The van der Waals surface area contributed by atoms with Gasteiger partial charge in [-0.15, -0.1) is 0 Å². The average molecular weight is 441 g/mol. The summed E-state index contributed by atoms with van der Waals surface area (Å²) in [5.74, 6) is 0.357. The summed E-state index contributed by atoms with van der Waals surface area (Å²) in [5.41, 5.74) is 3.31. The Hall–Kier alpha value is -3.17. The van der Waals surface area contributed by atoms with Gasteiger partial charge in [0, 0.05) is 50.0 Å². The zero-order valence-electron chi connectivity index (χ0n) is 17.4. The molecular formula is C22H24N4O4S. The third-order valence-corrected chi connectivity index (χ3v) is 6.41. The molecule has 31 heavy (non-hydrogen) atoms. The monoisotopic (exact) mass is 440 g/mol. The van der Waals surface area contributed by atoms with Crippen LogP contribution in [0.2, 0.25) is 0 Å². The van der Waals surface area contributed by atoms with E-state index in [0.29, 0.717) is 41.3 Å². The topological polar surface area (TPSA) is 99.1 Å². The van der Waals surface area contributed by atoms with Gasteiger partial charge in [0.25, 0.3) is 0 Å². The SMILES string of the molecule is COCCCOc1ccnc(CS(=O)(=O)c2nc3ccc(-n4cccc4)cc3[nH]2)c1C. The molecule has 0 saturated heterocycles. The molecule has 9 heteroatoms. The predicted molar refractivity (Wildman–Crippen MR) is 117 cm³/mol. The number of rotatable bonds is 9. The highest BCUT2D eigenvalue weighted by molar-refractivity contribution is 7.90. The molecule has 0 aliphatic carbocycles. The van der Waals surface area contributed by atoms with Crippen LogP contribution in [0.5, 0.6) is 5.75 Å². The number of sulfone groups is 1. The Morgan fingerprint density at radius 3 is 2.71 bits per heavy atom. The molecule has 0 bridgehead atoms. The first kappa shape index (κ1) is 21.1. The number of aromatic nitrogens is 4. The fourth-order valence-electron chi connectivity index (χ4n) is 3.28. The van der Waals surface area contributed by atoms with Crippen molar-refractivity contribution in [2.24, 2.45) is 0 Å². The van der Waals surface area contributed by atoms with Crippen molar-refractivity contribution < 1.29 is 17.9 Å². The van der Waals surface area contributed by atoms with Gasteiger partial charge in [0.15, 0.2) is 0 Å². The number of fused-ring (bicyclic) bond motifs is 1. The molecule has 4 aromatic rings. The normalized spacial score (nSPS) is 11.8. The van der Waals surface area contributed by atoms with Crippen LogP contribution in [-0.4, -0.2) is 48.3 Å². The lowest BCUT2D eigenvalue weighted by Crippen LogP contribution is -2.10. The molecule has 1 N–H and O–H groups in total. The second-order valence-electron chi connectivity index (χ2n) is 7.17. The van der Waals surface area contributed by atoms with Gasteiger partial charge in [0.1, 0.15) is 11.5 Å². The second-order valence-corrected chi connectivity index (χ2v) is 9.07. The Balaban J connectivity index is 1.57. The highest BCUT2D eigenvalue weighted by Crippen LogP contribution is 2.25. The Kier molecular flexibility index (Phi) is 6.06. The summed E-state index contributed by atoms with van der Waals surface area (Å²) in [6, 6.07) is 11.2. The summed E-state index contributed by atoms with van der Waals surface area (Å²) < 4.78 is 38.8. The average Bonchev–Trinajstić information content (AvgIpc) is 3.43. The van der Waals surface area contributed by atoms with Crippen LogP contribution in [-0.2, 0) is 20.3 Å². The van der Waals surface area contributed by atoms with E-state index in [2.05, 4.69) is 15.0 Å². The fraction of sp³-hybridized carbons (Fsp3) is 0.273. The van der Waals surface area contributed by atoms with Crippen LogP contribution in [0.25, 0.3) is 16.7 Å². The van der Waals surface area contributed by atoms with E-state index in [1.807, 2.05) is 48.1 Å². The molecule has 3 aromatic heterocycles. The van der Waals surface area contributed by atoms with Crippen molar-refractivity contribution in [1.29, 1.82) is 0 Å². The number of imidazole rings is 1. The second kappa shape index (κ2) is 8.91. The minimum Gasteiger partial charge on any atom is -0.493 e. The molecule has 1 aromatic carbocycles. The maximum absolute atomic E-state index is 13.1. The summed E-state index contributed by atoms with van der Waals surface area (Å²) in [6.07, 6.45) is 6.16. The van der Waals surface area contributed by atoms with E-state index in [1.165, 1.54) is 0 Å². The van der Waals surface area contributed by atoms with E-state index < -0.39 is 9.84 Å². The lowest BCUT2D eigenvalue weighted by Gasteiger charge is -2.11. The number of nitrogens with one attached hydrogen (secondary N) is 1. The van der Waals surface area contributed by atoms with E-state index in [4.69, 9.17) is 9.47 Å². The Morgan fingerprint density at radius 1 is 1.13 bits per heavy atom. The third-order valence-electron chi connectivity index (χ3n) is 4.98. The lowest BCUT2D eigenvalue weighted by atomic mass is 10.2. The van der Waals surface area contributed by atoms with Crippen LogP contribution >= 0.6 is 0 Å². The van der Waals surface area contributed by atoms with Crippen molar-refractivity contribution in [3.63, 3.8) is 0 Å². The Morgan fingerprint density at radius 2 is 1.94 bits per heavy atom. The number of methoxy groups -OCH3 is 1. The number of pyridine rings is 1. The first-order chi connectivity index (χ1) is 15.0. The van der Waals surface area contributed by atoms with Gasteiger partial charge < -0.3 is 19.0 Å². The molecule has 0 radical (unpaired) electrons. The van der Waals surface area contributed by atoms with Crippen LogP contribution in [0.15, 0.2) is 60.1 Å². The van der Waals surface area contributed by atoms with Gasteiger partial charge in [0.2, 0.25) is 15.0 Å². The van der Waals surface area contributed by atoms with E-state index in [-0.39, 0.29) is 10.9 Å². The molecular weight excluding hydrogens is 416 g/mol. The summed E-state index contributed by atoms with van der Waals surface area (Å²) in [6.45, 7) is 2.90. The highest BCUT2D eigenvalue weighted by atomic mass is 32.2. The van der Waals surface area contributed by atoms with Crippen LogP contribution in [0, 0.1) is 6.92 Å².